The summed E-state index contributed by atoms with van der Waals surface area (Å²) >= 11 is 2.10. The zero-order valence-corrected chi connectivity index (χ0v) is 10.8. The number of rotatable bonds is 5. The van der Waals surface area contributed by atoms with Crippen molar-refractivity contribution < 1.29 is 0 Å². The minimum atomic E-state index is 0.542. The third-order valence-electron chi connectivity index (χ3n) is 3.09. The van der Waals surface area contributed by atoms with Gasteiger partial charge in [-0.15, -0.1) is 0 Å². The largest absolute Gasteiger partial charge is 0.313 e. The lowest BCUT2D eigenvalue weighted by atomic mass is 10.1. The summed E-state index contributed by atoms with van der Waals surface area (Å²) in [6, 6.07) is 0.542. The molecule has 1 saturated heterocycles. The van der Waals surface area contributed by atoms with Crippen molar-refractivity contribution >= 4 is 11.8 Å². The van der Waals surface area contributed by atoms with Gasteiger partial charge in [-0.2, -0.15) is 16.9 Å². The summed E-state index contributed by atoms with van der Waals surface area (Å²) in [7, 11) is 1.97. The predicted molar refractivity (Wildman–Crippen MR) is 67.7 cm³/mol. The van der Waals surface area contributed by atoms with Gasteiger partial charge in [-0.1, -0.05) is 6.92 Å². The standard InChI is InChI=1S/C11H20N4S/c1-3-12-9(10-5-4-6-16-10)7-11-13-8-14-15(11)2/h8-10,12H,3-7H2,1-2H3. The van der Waals surface area contributed by atoms with Gasteiger partial charge in [0.05, 0.1) is 0 Å². The SMILES string of the molecule is CCNC(Cc1ncnn1C)C1CCCS1. The number of likely N-dealkylation sites (N-methyl/N-ethyl adjacent to an activating group) is 1. The average Bonchev–Trinajstić information content (AvgIpc) is 2.90. The van der Waals surface area contributed by atoms with E-state index in [0.29, 0.717) is 6.04 Å². The van der Waals surface area contributed by atoms with Gasteiger partial charge in [0.2, 0.25) is 0 Å². The fraction of sp³-hybridized carbons (Fsp3) is 0.818. The van der Waals surface area contributed by atoms with Crippen LogP contribution in [-0.4, -0.2) is 38.4 Å². The molecule has 4 nitrogen and oxygen atoms in total. The van der Waals surface area contributed by atoms with Crippen LogP contribution in [0.4, 0.5) is 0 Å². The van der Waals surface area contributed by atoms with Crippen molar-refractivity contribution in [2.45, 2.75) is 37.5 Å². The smallest absolute Gasteiger partial charge is 0.138 e. The Balaban J connectivity index is 1.99. The van der Waals surface area contributed by atoms with Crippen molar-refractivity contribution in [2.24, 2.45) is 7.05 Å². The zero-order chi connectivity index (χ0) is 11.4. The number of nitrogens with zero attached hydrogens (tertiary/aromatic N) is 3. The van der Waals surface area contributed by atoms with Crippen molar-refractivity contribution in [2.75, 3.05) is 12.3 Å². The molecule has 0 aliphatic carbocycles. The second-order valence-corrected chi connectivity index (χ2v) is 5.57. The Morgan fingerprint density at radius 1 is 1.69 bits per heavy atom. The summed E-state index contributed by atoms with van der Waals surface area (Å²) in [5.74, 6) is 2.39. The van der Waals surface area contributed by atoms with Crippen molar-refractivity contribution in [3.05, 3.63) is 12.2 Å². The maximum atomic E-state index is 4.31. The van der Waals surface area contributed by atoms with Crippen LogP contribution in [0.15, 0.2) is 6.33 Å². The van der Waals surface area contributed by atoms with Gasteiger partial charge in [0.1, 0.15) is 12.2 Å². The van der Waals surface area contributed by atoms with Gasteiger partial charge in [0.25, 0.3) is 0 Å². The first-order valence-corrected chi connectivity index (χ1v) is 7.04. The van der Waals surface area contributed by atoms with E-state index in [9.17, 15) is 0 Å². The van der Waals surface area contributed by atoms with Gasteiger partial charge in [-0.05, 0) is 25.1 Å². The number of thioether (sulfide) groups is 1. The molecule has 2 rings (SSSR count). The van der Waals surface area contributed by atoms with E-state index in [2.05, 4.69) is 34.1 Å². The van der Waals surface area contributed by atoms with Crippen LogP contribution in [0.25, 0.3) is 0 Å². The molecule has 0 spiro atoms. The first kappa shape index (κ1) is 11.9. The molecule has 16 heavy (non-hydrogen) atoms. The molecule has 0 saturated carbocycles. The number of nitrogens with one attached hydrogen (secondary N) is 1. The van der Waals surface area contributed by atoms with Gasteiger partial charge < -0.3 is 5.32 Å². The lowest BCUT2D eigenvalue weighted by molar-refractivity contribution is 0.477. The fourth-order valence-corrected chi connectivity index (χ4v) is 3.61. The minimum absolute atomic E-state index is 0.542. The van der Waals surface area contributed by atoms with Crippen LogP contribution in [0.3, 0.4) is 0 Å². The lowest BCUT2D eigenvalue weighted by Crippen LogP contribution is -2.39. The number of hydrogen-bond donors (Lipinski definition) is 1. The lowest BCUT2D eigenvalue weighted by Gasteiger charge is -2.23. The summed E-state index contributed by atoms with van der Waals surface area (Å²) < 4.78 is 1.88. The van der Waals surface area contributed by atoms with E-state index in [4.69, 9.17) is 0 Å². The summed E-state index contributed by atoms with van der Waals surface area (Å²) in [5.41, 5.74) is 0. The van der Waals surface area contributed by atoms with Crippen LogP contribution in [0.2, 0.25) is 0 Å². The fourth-order valence-electron chi connectivity index (χ4n) is 2.22. The van der Waals surface area contributed by atoms with Crippen LogP contribution in [0, 0.1) is 0 Å². The normalized spacial score (nSPS) is 22.5. The molecule has 1 aliphatic heterocycles. The maximum absolute atomic E-state index is 4.31. The van der Waals surface area contributed by atoms with E-state index in [0.717, 1.165) is 24.0 Å². The van der Waals surface area contributed by atoms with Crippen LogP contribution in [0.5, 0.6) is 0 Å². The molecular formula is C11H20N4S. The number of aromatic nitrogens is 3. The zero-order valence-electron chi connectivity index (χ0n) is 10.0. The molecule has 90 valence electrons. The monoisotopic (exact) mass is 240 g/mol. The molecule has 0 bridgehead atoms. The van der Waals surface area contributed by atoms with E-state index < -0.39 is 0 Å². The molecular weight excluding hydrogens is 220 g/mol. The van der Waals surface area contributed by atoms with E-state index in [1.54, 1.807) is 6.33 Å². The second-order valence-electron chi connectivity index (χ2n) is 4.22. The molecule has 1 aliphatic rings. The highest BCUT2D eigenvalue weighted by atomic mass is 32.2. The first-order chi connectivity index (χ1) is 7.81. The van der Waals surface area contributed by atoms with Crippen LogP contribution < -0.4 is 5.32 Å². The third kappa shape index (κ3) is 2.77. The molecule has 0 aromatic carbocycles. The Morgan fingerprint density at radius 2 is 2.56 bits per heavy atom. The molecule has 1 fully saturated rings. The van der Waals surface area contributed by atoms with E-state index in [-0.39, 0.29) is 0 Å². The topological polar surface area (TPSA) is 42.7 Å². The van der Waals surface area contributed by atoms with E-state index >= 15 is 0 Å². The van der Waals surface area contributed by atoms with Gasteiger partial charge in [-0.3, -0.25) is 4.68 Å². The molecule has 2 heterocycles. The minimum Gasteiger partial charge on any atom is -0.313 e. The van der Waals surface area contributed by atoms with Gasteiger partial charge >= 0.3 is 0 Å². The maximum Gasteiger partial charge on any atom is 0.138 e. The highest BCUT2D eigenvalue weighted by Gasteiger charge is 2.26. The van der Waals surface area contributed by atoms with E-state index in [1.165, 1.54) is 18.6 Å². The average molecular weight is 240 g/mol. The summed E-state index contributed by atoms with van der Waals surface area (Å²) in [6.07, 6.45) is 5.32. The molecule has 2 atom stereocenters. The first-order valence-electron chi connectivity index (χ1n) is 5.99. The molecule has 1 aromatic rings. The molecule has 2 unspecified atom stereocenters. The molecule has 5 heteroatoms. The highest BCUT2D eigenvalue weighted by molar-refractivity contribution is 8.00. The van der Waals surface area contributed by atoms with E-state index in [1.807, 2.05) is 11.7 Å². The second kappa shape index (κ2) is 5.68. The summed E-state index contributed by atoms with van der Waals surface area (Å²) in [4.78, 5) is 4.31. The van der Waals surface area contributed by atoms with Gasteiger partial charge in [-0.25, -0.2) is 4.98 Å². The Kier molecular flexibility index (Phi) is 4.23. The van der Waals surface area contributed by atoms with Crippen molar-refractivity contribution in [1.29, 1.82) is 0 Å². The Labute approximate surface area is 101 Å². The Hall–Kier alpha value is -0.550. The van der Waals surface area contributed by atoms with Crippen LogP contribution >= 0.6 is 11.8 Å². The number of hydrogen-bond acceptors (Lipinski definition) is 4. The highest BCUT2D eigenvalue weighted by Crippen LogP contribution is 2.29. The van der Waals surface area contributed by atoms with Crippen molar-refractivity contribution in [3.8, 4) is 0 Å². The van der Waals surface area contributed by atoms with Crippen LogP contribution in [0.1, 0.15) is 25.6 Å². The predicted octanol–water partition coefficient (Wildman–Crippen LogP) is 1.23. The van der Waals surface area contributed by atoms with Crippen LogP contribution in [-0.2, 0) is 13.5 Å². The molecule has 1 aromatic heterocycles. The van der Waals surface area contributed by atoms with Crippen molar-refractivity contribution in [3.63, 3.8) is 0 Å². The quantitative estimate of drug-likeness (QED) is 0.840. The van der Waals surface area contributed by atoms with Gasteiger partial charge in [0.15, 0.2) is 0 Å². The third-order valence-corrected chi connectivity index (χ3v) is 4.60. The molecule has 0 amide bonds. The summed E-state index contributed by atoms with van der Waals surface area (Å²) in [5, 5.41) is 8.46. The summed E-state index contributed by atoms with van der Waals surface area (Å²) in [6.45, 7) is 3.20. The number of aryl methyl sites for hydroxylation is 1. The Morgan fingerprint density at radius 3 is 3.12 bits per heavy atom. The van der Waals surface area contributed by atoms with Crippen molar-refractivity contribution in [1.82, 2.24) is 20.1 Å². The molecule has 0 radical (unpaired) electrons. The van der Waals surface area contributed by atoms with Gasteiger partial charge in [0, 0.05) is 24.8 Å². The Bertz CT molecular complexity index is 320. The molecule has 1 N–H and O–H groups in total.